The molecule has 1 atom stereocenters. The third-order valence-corrected chi connectivity index (χ3v) is 6.53. The second-order valence-corrected chi connectivity index (χ2v) is 7.97. The lowest BCUT2D eigenvalue weighted by Gasteiger charge is -2.38. The average Bonchev–Trinajstić information content (AvgIpc) is 2.99. The molecule has 1 saturated heterocycles. The van der Waals surface area contributed by atoms with Gasteiger partial charge in [-0.2, -0.15) is 0 Å². The highest BCUT2D eigenvalue weighted by Crippen LogP contribution is 2.51. The van der Waals surface area contributed by atoms with Crippen LogP contribution in [-0.4, -0.2) is 33.5 Å². The van der Waals surface area contributed by atoms with E-state index in [4.69, 9.17) is 0 Å². The first-order valence-electron chi connectivity index (χ1n) is 8.27. The van der Waals surface area contributed by atoms with Gasteiger partial charge in [-0.25, -0.2) is 0 Å². The molecular weight excluding hydrogens is 356 g/mol. The molecule has 2 aromatic rings. The molecule has 1 aliphatic heterocycles. The normalized spacial score (nSPS) is 23.4. The summed E-state index contributed by atoms with van der Waals surface area (Å²) in [5, 5.41) is 10.4. The van der Waals surface area contributed by atoms with Gasteiger partial charge in [0.05, 0.1) is 6.42 Å². The number of benzene rings is 1. The first-order chi connectivity index (χ1) is 11.1. The van der Waals surface area contributed by atoms with E-state index in [0.717, 1.165) is 35.2 Å². The third kappa shape index (κ3) is 2.70. The molecule has 23 heavy (non-hydrogen) atoms. The van der Waals surface area contributed by atoms with Gasteiger partial charge in [0.1, 0.15) is 0 Å². The molecule has 0 bridgehead atoms. The predicted molar refractivity (Wildman–Crippen MR) is 93.4 cm³/mol. The molecule has 4 nitrogen and oxygen atoms in total. The van der Waals surface area contributed by atoms with Crippen molar-refractivity contribution < 1.29 is 9.90 Å². The number of fused-ring (bicyclic) bond motifs is 1. The fourth-order valence-corrected chi connectivity index (χ4v) is 4.93. The fraction of sp³-hybridized carbons (Fsp3) is 0.500. The number of hydrogen-bond acceptors (Lipinski definition) is 2. The fourth-order valence-electron chi connectivity index (χ4n) is 4.36. The Labute approximate surface area is 144 Å². The molecule has 1 aromatic carbocycles. The lowest BCUT2D eigenvalue weighted by atomic mass is 9.67. The number of carbonyl (C=O) groups is 1. The van der Waals surface area contributed by atoms with Crippen molar-refractivity contribution in [1.82, 2.24) is 9.88 Å². The molecule has 2 fully saturated rings. The molecule has 2 aliphatic rings. The minimum atomic E-state index is -0.688. The summed E-state index contributed by atoms with van der Waals surface area (Å²) in [6.07, 6.45) is 5.10. The molecule has 1 aromatic heterocycles. The van der Waals surface area contributed by atoms with Crippen LogP contribution in [0.15, 0.2) is 28.7 Å². The van der Waals surface area contributed by atoms with Gasteiger partial charge < -0.3 is 10.1 Å². The van der Waals surface area contributed by atoms with E-state index in [1.54, 1.807) is 0 Å². The minimum absolute atomic E-state index is 0.158. The zero-order chi connectivity index (χ0) is 16.0. The summed E-state index contributed by atoms with van der Waals surface area (Å²) in [6.45, 7) is 1.82. The molecule has 1 spiro atoms. The highest BCUT2D eigenvalue weighted by molar-refractivity contribution is 9.10. The van der Waals surface area contributed by atoms with Gasteiger partial charge in [-0.15, -0.1) is 0 Å². The summed E-state index contributed by atoms with van der Waals surface area (Å²) in [6, 6.07) is 8.41. The van der Waals surface area contributed by atoms with Gasteiger partial charge in [0.15, 0.2) is 0 Å². The Morgan fingerprint density at radius 2 is 2.17 bits per heavy atom. The van der Waals surface area contributed by atoms with Crippen molar-refractivity contribution in [3.8, 4) is 0 Å². The Morgan fingerprint density at radius 1 is 1.39 bits per heavy atom. The summed E-state index contributed by atoms with van der Waals surface area (Å²) in [7, 11) is 0. The number of aliphatic carboxylic acids is 1. The molecule has 1 aliphatic carbocycles. The summed E-state index contributed by atoms with van der Waals surface area (Å²) >= 11 is 3.72. The quantitative estimate of drug-likeness (QED) is 0.842. The second-order valence-electron chi connectivity index (χ2n) is 7.18. The van der Waals surface area contributed by atoms with Crippen molar-refractivity contribution in [2.24, 2.45) is 5.41 Å². The number of halogens is 1. The van der Waals surface area contributed by atoms with E-state index in [-0.39, 0.29) is 12.5 Å². The number of nitrogens with zero attached hydrogens (tertiary/aromatic N) is 1. The van der Waals surface area contributed by atoms with E-state index < -0.39 is 5.97 Å². The molecule has 1 unspecified atom stereocenters. The van der Waals surface area contributed by atoms with Gasteiger partial charge in [0.2, 0.25) is 0 Å². The largest absolute Gasteiger partial charge is 0.481 e. The van der Waals surface area contributed by atoms with Gasteiger partial charge in [0, 0.05) is 40.2 Å². The topological polar surface area (TPSA) is 56.3 Å². The molecule has 0 amide bonds. The SMILES string of the molecule is O=C(O)CC1CC2(CCC2)CN1Cc1[nH]c2ccccc2c1Br. The second kappa shape index (κ2) is 5.64. The number of likely N-dealkylation sites (tertiary alicyclic amines) is 1. The van der Waals surface area contributed by atoms with Crippen LogP contribution in [0.2, 0.25) is 0 Å². The standard InChI is InChI=1S/C18H21BrN2O2/c19-17-13-4-1-2-5-14(13)20-15(17)10-21-11-18(6-3-7-18)9-12(21)8-16(22)23/h1-2,4-5,12,20H,3,6-11H2,(H,22,23). The van der Waals surface area contributed by atoms with Crippen LogP contribution >= 0.6 is 15.9 Å². The molecule has 2 N–H and O–H groups in total. The van der Waals surface area contributed by atoms with Crippen molar-refractivity contribution in [1.29, 1.82) is 0 Å². The molecular formula is C18H21BrN2O2. The van der Waals surface area contributed by atoms with E-state index in [1.165, 1.54) is 24.6 Å². The molecule has 5 heteroatoms. The first-order valence-corrected chi connectivity index (χ1v) is 9.07. The first kappa shape index (κ1) is 15.2. The van der Waals surface area contributed by atoms with E-state index >= 15 is 0 Å². The van der Waals surface area contributed by atoms with Crippen LogP contribution in [0.4, 0.5) is 0 Å². The van der Waals surface area contributed by atoms with Crippen LogP contribution in [0.3, 0.4) is 0 Å². The number of rotatable bonds is 4. The van der Waals surface area contributed by atoms with Crippen molar-refractivity contribution in [2.75, 3.05) is 6.54 Å². The summed E-state index contributed by atoms with van der Waals surface area (Å²) in [5.41, 5.74) is 2.66. The molecule has 0 radical (unpaired) electrons. The Hall–Kier alpha value is -1.33. The Morgan fingerprint density at radius 3 is 2.83 bits per heavy atom. The van der Waals surface area contributed by atoms with Gasteiger partial charge in [0.25, 0.3) is 0 Å². The maximum Gasteiger partial charge on any atom is 0.304 e. The Kier molecular flexibility index (Phi) is 3.73. The number of hydrogen-bond donors (Lipinski definition) is 2. The van der Waals surface area contributed by atoms with E-state index in [1.807, 2.05) is 12.1 Å². The van der Waals surface area contributed by atoms with Crippen molar-refractivity contribution >= 4 is 32.8 Å². The van der Waals surface area contributed by atoms with Gasteiger partial charge in [-0.1, -0.05) is 24.6 Å². The highest BCUT2D eigenvalue weighted by Gasteiger charge is 2.47. The smallest absolute Gasteiger partial charge is 0.304 e. The van der Waals surface area contributed by atoms with Crippen LogP contribution < -0.4 is 0 Å². The van der Waals surface area contributed by atoms with Gasteiger partial charge in [-0.3, -0.25) is 9.69 Å². The number of para-hydroxylation sites is 1. The molecule has 4 rings (SSSR count). The molecule has 1 saturated carbocycles. The van der Waals surface area contributed by atoms with Gasteiger partial charge in [-0.05, 0) is 46.7 Å². The number of H-pyrrole nitrogens is 1. The summed E-state index contributed by atoms with van der Waals surface area (Å²) in [4.78, 5) is 17.1. The zero-order valence-electron chi connectivity index (χ0n) is 13.0. The van der Waals surface area contributed by atoms with Crippen LogP contribution in [-0.2, 0) is 11.3 Å². The number of carboxylic acid groups (broad SMARTS) is 1. The predicted octanol–water partition coefficient (Wildman–Crippen LogP) is 4.15. The highest BCUT2D eigenvalue weighted by atomic mass is 79.9. The summed E-state index contributed by atoms with van der Waals surface area (Å²) in [5.74, 6) is -0.688. The lowest BCUT2D eigenvalue weighted by Crippen LogP contribution is -2.34. The van der Waals surface area contributed by atoms with E-state index in [2.05, 4.69) is 37.9 Å². The monoisotopic (exact) mass is 376 g/mol. The van der Waals surface area contributed by atoms with E-state index in [0.29, 0.717) is 5.41 Å². The average molecular weight is 377 g/mol. The van der Waals surface area contributed by atoms with E-state index in [9.17, 15) is 9.90 Å². The van der Waals surface area contributed by atoms with Crippen LogP contribution in [0.1, 0.15) is 37.8 Å². The van der Waals surface area contributed by atoms with Crippen molar-refractivity contribution in [3.05, 3.63) is 34.4 Å². The Bertz CT molecular complexity index is 751. The number of carboxylic acids is 1. The lowest BCUT2D eigenvalue weighted by molar-refractivity contribution is -0.138. The van der Waals surface area contributed by atoms with Crippen molar-refractivity contribution in [2.45, 2.75) is 44.7 Å². The zero-order valence-corrected chi connectivity index (χ0v) is 14.6. The van der Waals surface area contributed by atoms with Crippen molar-refractivity contribution in [3.63, 3.8) is 0 Å². The minimum Gasteiger partial charge on any atom is -0.481 e. The van der Waals surface area contributed by atoms with Crippen LogP contribution in [0.25, 0.3) is 10.9 Å². The number of aromatic amines is 1. The Balaban J connectivity index is 1.59. The summed E-state index contributed by atoms with van der Waals surface area (Å²) < 4.78 is 1.11. The van der Waals surface area contributed by atoms with Crippen LogP contribution in [0, 0.1) is 5.41 Å². The maximum atomic E-state index is 11.2. The third-order valence-electron chi connectivity index (χ3n) is 5.62. The number of nitrogens with one attached hydrogen (secondary N) is 1. The maximum absolute atomic E-state index is 11.2. The molecule has 2 heterocycles. The van der Waals surface area contributed by atoms with Crippen LogP contribution in [0.5, 0.6) is 0 Å². The number of aromatic nitrogens is 1. The molecule has 122 valence electrons. The van der Waals surface area contributed by atoms with Gasteiger partial charge >= 0.3 is 5.97 Å².